The predicted molar refractivity (Wildman–Crippen MR) is 136 cm³/mol. The first-order valence-corrected chi connectivity index (χ1v) is 13.2. The number of carbonyl (C=O) groups excluding carboxylic acids is 2. The maximum Gasteiger partial charge on any atom is 0.262 e. The van der Waals surface area contributed by atoms with Gasteiger partial charge in [-0.2, -0.15) is 0 Å². The van der Waals surface area contributed by atoms with Crippen LogP contribution in [0.15, 0.2) is 29.1 Å². The van der Waals surface area contributed by atoms with Crippen molar-refractivity contribution >= 4 is 34.9 Å². The molecule has 2 aromatic rings. The van der Waals surface area contributed by atoms with Crippen LogP contribution in [0.2, 0.25) is 0 Å². The zero-order valence-corrected chi connectivity index (χ0v) is 20.7. The third kappa shape index (κ3) is 6.14. The molecule has 1 aliphatic carbocycles. The van der Waals surface area contributed by atoms with Crippen molar-refractivity contribution in [1.82, 2.24) is 19.8 Å². The van der Waals surface area contributed by atoms with Gasteiger partial charge in [-0.05, 0) is 62.9 Å². The van der Waals surface area contributed by atoms with Crippen molar-refractivity contribution in [3.8, 4) is 0 Å². The number of nitrogens with zero attached hydrogens (tertiary/aromatic N) is 2. The second-order valence-corrected chi connectivity index (χ2v) is 10.1. The number of piperidine rings is 1. The first kappa shape index (κ1) is 24.6. The monoisotopic (exact) mass is 484 g/mol. The van der Waals surface area contributed by atoms with E-state index in [-0.39, 0.29) is 23.4 Å². The molecule has 2 heterocycles. The molecule has 1 aliphatic heterocycles. The molecule has 4 rings (SSSR count). The van der Waals surface area contributed by atoms with Crippen LogP contribution in [0.25, 0.3) is 10.9 Å². The zero-order valence-electron chi connectivity index (χ0n) is 19.9. The van der Waals surface area contributed by atoms with Crippen LogP contribution in [0.1, 0.15) is 70.6 Å². The van der Waals surface area contributed by atoms with Gasteiger partial charge in [0.25, 0.3) is 5.56 Å². The second kappa shape index (κ2) is 11.8. The van der Waals surface area contributed by atoms with Crippen LogP contribution in [0.3, 0.4) is 0 Å². The minimum absolute atomic E-state index is 0.0644. The molecule has 0 spiro atoms. The number of rotatable bonds is 8. The van der Waals surface area contributed by atoms with Crippen molar-refractivity contribution in [2.75, 3.05) is 13.1 Å². The Kier molecular flexibility index (Phi) is 8.53. The summed E-state index contributed by atoms with van der Waals surface area (Å²) >= 11 is 5.36. The van der Waals surface area contributed by atoms with Gasteiger partial charge in [0.05, 0.1) is 10.9 Å². The number of benzene rings is 1. The van der Waals surface area contributed by atoms with Gasteiger partial charge in [0, 0.05) is 38.0 Å². The number of aromatic nitrogens is 2. The lowest BCUT2D eigenvalue weighted by molar-refractivity contribution is -0.137. The average Bonchev–Trinajstić information content (AvgIpc) is 2.86. The molecule has 0 unspecified atom stereocenters. The van der Waals surface area contributed by atoms with Gasteiger partial charge in [0.15, 0.2) is 4.77 Å². The standard InChI is InChI=1S/C26H36N4O3S/c31-23(27-20-14-17-29(18-15-20)24(32)19-9-3-1-4-10-19)13-5-2-8-16-30-25(33)21-11-6-7-12-22(21)28-26(30)34/h6-7,11-12,19-20H,1-5,8-10,13-18H2,(H,27,31)(H,28,34). The fourth-order valence-corrected chi connectivity index (χ4v) is 5.57. The van der Waals surface area contributed by atoms with E-state index in [1.54, 1.807) is 10.6 Å². The van der Waals surface area contributed by atoms with Gasteiger partial charge < -0.3 is 15.2 Å². The number of hydrogen-bond donors (Lipinski definition) is 2. The third-order valence-corrected chi connectivity index (χ3v) is 7.62. The minimum atomic E-state index is -0.0644. The zero-order chi connectivity index (χ0) is 23.9. The molecule has 1 aromatic carbocycles. The lowest BCUT2D eigenvalue weighted by Crippen LogP contribution is -2.48. The van der Waals surface area contributed by atoms with E-state index in [9.17, 15) is 14.4 Å². The van der Waals surface area contributed by atoms with Crippen molar-refractivity contribution in [3.63, 3.8) is 0 Å². The van der Waals surface area contributed by atoms with Crippen LogP contribution in [0.4, 0.5) is 0 Å². The molecular formula is C26H36N4O3S. The van der Waals surface area contributed by atoms with Gasteiger partial charge in [0.1, 0.15) is 0 Å². The van der Waals surface area contributed by atoms with Gasteiger partial charge in [0.2, 0.25) is 11.8 Å². The fourth-order valence-electron chi connectivity index (χ4n) is 5.29. The number of likely N-dealkylation sites (tertiary alicyclic amines) is 1. The molecule has 2 fully saturated rings. The summed E-state index contributed by atoms with van der Waals surface area (Å²) in [5.41, 5.74) is 0.694. The van der Waals surface area contributed by atoms with Gasteiger partial charge in [-0.1, -0.05) is 37.8 Å². The topological polar surface area (TPSA) is 87.2 Å². The van der Waals surface area contributed by atoms with Crippen LogP contribution < -0.4 is 10.9 Å². The number of aromatic amines is 1. The van der Waals surface area contributed by atoms with E-state index in [2.05, 4.69) is 10.3 Å². The molecule has 2 N–H and O–H groups in total. The lowest BCUT2D eigenvalue weighted by atomic mass is 9.87. The summed E-state index contributed by atoms with van der Waals surface area (Å²) in [6, 6.07) is 7.55. The second-order valence-electron chi connectivity index (χ2n) is 9.75. The molecule has 2 aliphatic rings. The molecular weight excluding hydrogens is 448 g/mol. The van der Waals surface area contributed by atoms with E-state index in [1.807, 2.05) is 23.1 Å². The summed E-state index contributed by atoms with van der Waals surface area (Å²) in [6.07, 6.45) is 10.3. The van der Waals surface area contributed by atoms with Crippen LogP contribution in [0.5, 0.6) is 0 Å². The van der Waals surface area contributed by atoms with E-state index in [0.29, 0.717) is 29.0 Å². The van der Waals surface area contributed by atoms with Gasteiger partial charge >= 0.3 is 0 Å². The summed E-state index contributed by atoms with van der Waals surface area (Å²) in [5.74, 6) is 0.632. The van der Waals surface area contributed by atoms with Gasteiger partial charge in [-0.25, -0.2) is 0 Å². The minimum Gasteiger partial charge on any atom is -0.353 e. The summed E-state index contributed by atoms with van der Waals surface area (Å²) in [5, 5.41) is 3.79. The molecule has 0 radical (unpaired) electrons. The summed E-state index contributed by atoms with van der Waals surface area (Å²) in [4.78, 5) is 42.9. The Morgan fingerprint density at radius 2 is 1.74 bits per heavy atom. The normalized spacial score (nSPS) is 17.7. The van der Waals surface area contributed by atoms with Crippen LogP contribution in [-0.2, 0) is 16.1 Å². The highest BCUT2D eigenvalue weighted by molar-refractivity contribution is 7.71. The number of hydrogen-bond acceptors (Lipinski definition) is 4. The number of H-pyrrole nitrogens is 1. The number of unbranched alkanes of at least 4 members (excludes halogenated alkanes) is 2. The molecule has 8 heteroatoms. The Bertz CT molecular complexity index is 1110. The van der Waals surface area contributed by atoms with Gasteiger partial charge in [-0.15, -0.1) is 0 Å². The van der Waals surface area contributed by atoms with Gasteiger partial charge in [-0.3, -0.25) is 19.0 Å². The largest absolute Gasteiger partial charge is 0.353 e. The van der Waals surface area contributed by atoms with E-state index < -0.39 is 0 Å². The average molecular weight is 485 g/mol. The molecule has 1 saturated heterocycles. The number of amides is 2. The SMILES string of the molecule is O=C(CCCCCn1c(=S)[nH]c2ccccc2c1=O)NC1CCN(C(=O)C2CCCCC2)CC1. The highest BCUT2D eigenvalue weighted by Gasteiger charge is 2.29. The number of carbonyl (C=O) groups is 2. The Balaban J connectivity index is 1.14. The molecule has 0 atom stereocenters. The Morgan fingerprint density at radius 1 is 1.00 bits per heavy atom. The summed E-state index contributed by atoms with van der Waals surface area (Å²) < 4.78 is 2.05. The van der Waals surface area contributed by atoms with E-state index in [0.717, 1.165) is 63.6 Å². The number of nitrogens with one attached hydrogen (secondary N) is 2. The molecule has 2 amide bonds. The molecule has 1 saturated carbocycles. The Labute approximate surface area is 205 Å². The molecule has 184 valence electrons. The van der Waals surface area contributed by atoms with E-state index >= 15 is 0 Å². The molecule has 34 heavy (non-hydrogen) atoms. The molecule has 7 nitrogen and oxygen atoms in total. The third-order valence-electron chi connectivity index (χ3n) is 7.30. The first-order chi connectivity index (χ1) is 16.5. The van der Waals surface area contributed by atoms with Crippen molar-refractivity contribution in [2.45, 2.75) is 83.2 Å². The highest BCUT2D eigenvalue weighted by atomic mass is 32.1. The fraction of sp³-hybridized carbons (Fsp3) is 0.615. The van der Waals surface area contributed by atoms with Crippen LogP contribution >= 0.6 is 12.2 Å². The predicted octanol–water partition coefficient (Wildman–Crippen LogP) is 4.31. The quantitative estimate of drug-likeness (QED) is 0.432. The Hall–Kier alpha value is -2.48. The van der Waals surface area contributed by atoms with Crippen molar-refractivity contribution < 1.29 is 9.59 Å². The van der Waals surface area contributed by atoms with Crippen molar-refractivity contribution in [1.29, 1.82) is 0 Å². The number of fused-ring (bicyclic) bond motifs is 1. The summed E-state index contributed by atoms with van der Waals surface area (Å²) in [7, 11) is 0. The van der Waals surface area contributed by atoms with Crippen molar-refractivity contribution in [3.05, 3.63) is 39.4 Å². The van der Waals surface area contributed by atoms with Crippen LogP contribution in [0, 0.1) is 10.7 Å². The molecule has 0 bridgehead atoms. The smallest absolute Gasteiger partial charge is 0.262 e. The molecule has 1 aromatic heterocycles. The van der Waals surface area contributed by atoms with Crippen molar-refractivity contribution in [2.24, 2.45) is 5.92 Å². The number of para-hydroxylation sites is 1. The maximum absolute atomic E-state index is 12.7. The first-order valence-electron chi connectivity index (χ1n) is 12.8. The highest BCUT2D eigenvalue weighted by Crippen LogP contribution is 2.26. The Morgan fingerprint density at radius 3 is 2.50 bits per heavy atom. The maximum atomic E-state index is 12.7. The summed E-state index contributed by atoms with van der Waals surface area (Å²) in [6.45, 7) is 2.05. The lowest BCUT2D eigenvalue weighted by Gasteiger charge is -2.35. The van der Waals surface area contributed by atoms with E-state index in [4.69, 9.17) is 12.2 Å². The van der Waals surface area contributed by atoms with Crippen LogP contribution in [-0.4, -0.2) is 45.4 Å². The van der Waals surface area contributed by atoms with E-state index in [1.165, 1.54) is 19.3 Å².